The van der Waals surface area contributed by atoms with Gasteiger partial charge in [-0.25, -0.2) is 0 Å². The van der Waals surface area contributed by atoms with Crippen molar-refractivity contribution in [2.45, 2.75) is 44.5 Å². The maximum Gasteiger partial charge on any atom is 0.0489 e. The molecule has 1 heterocycles. The van der Waals surface area contributed by atoms with Crippen LogP contribution in [0.15, 0.2) is 18.5 Å². The summed E-state index contributed by atoms with van der Waals surface area (Å²) >= 11 is 1.93. The van der Waals surface area contributed by atoms with Crippen LogP contribution in [0.2, 0.25) is 0 Å². The van der Waals surface area contributed by atoms with Crippen LogP contribution in [0.3, 0.4) is 0 Å². The van der Waals surface area contributed by atoms with Gasteiger partial charge in [-0.1, -0.05) is 6.92 Å². The normalized spacial score (nSPS) is 14.9. The van der Waals surface area contributed by atoms with Crippen LogP contribution >= 0.6 is 11.8 Å². The summed E-state index contributed by atoms with van der Waals surface area (Å²) in [5, 5.41) is 8.51. The van der Waals surface area contributed by atoms with Gasteiger partial charge in [0.05, 0.1) is 0 Å². The first-order valence-corrected chi connectivity index (χ1v) is 7.24. The zero-order valence-electron chi connectivity index (χ0n) is 10.5. The average Bonchev–Trinajstić information content (AvgIpc) is 2.79. The van der Waals surface area contributed by atoms with Gasteiger partial charge in [0.2, 0.25) is 0 Å². The molecule has 0 saturated carbocycles. The standard InChI is InChI=1S/C12H23N3S/c1-11(13-8-5-12(2)16-3)6-10-15-9-4-7-14-15/h4,7,9,11-13H,5-6,8,10H2,1-3H3. The maximum atomic E-state index is 4.20. The lowest BCUT2D eigenvalue weighted by molar-refractivity contribution is 0.455. The molecule has 0 aliphatic heterocycles. The quantitative estimate of drug-likeness (QED) is 0.758. The molecule has 0 aliphatic rings. The second-order valence-electron chi connectivity index (χ2n) is 4.25. The van der Waals surface area contributed by atoms with Gasteiger partial charge in [0.1, 0.15) is 0 Å². The van der Waals surface area contributed by atoms with Crippen molar-refractivity contribution in [1.82, 2.24) is 15.1 Å². The highest BCUT2D eigenvalue weighted by Gasteiger charge is 2.03. The molecule has 92 valence electrons. The molecular formula is C12H23N3S. The Morgan fingerprint density at radius 3 is 2.81 bits per heavy atom. The lowest BCUT2D eigenvalue weighted by atomic mass is 10.2. The Kier molecular flexibility index (Phi) is 6.57. The minimum atomic E-state index is 0.568. The van der Waals surface area contributed by atoms with E-state index in [1.165, 1.54) is 6.42 Å². The van der Waals surface area contributed by atoms with Crippen molar-refractivity contribution in [3.63, 3.8) is 0 Å². The predicted molar refractivity (Wildman–Crippen MR) is 71.9 cm³/mol. The van der Waals surface area contributed by atoms with Gasteiger partial charge in [0, 0.05) is 30.2 Å². The second kappa shape index (κ2) is 7.74. The van der Waals surface area contributed by atoms with E-state index in [2.05, 4.69) is 30.5 Å². The number of thioether (sulfide) groups is 1. The van der Waals surface area contributed by atoms with E-state index in [1.54, 1.807) is 0 Å². The smallest absolute Gasteiger partial charge is 0.0489 e. The van der Waals surface area contributed by atoms with E-state index in [0.29, 0.717) is 6.04 Å². The van der Waals surface area contributed by atoms with Crippen molar-refractivity contribution < 1.29 is 0 Å². The average molecular weight is 241 g/mol. The first-order valence-electron chi connectivity index (χ1n) is 5.96. The highest BCUT2D eigenvalue weighted by Crippen LogP contribution is 2.08. The summed E-state index contributed by atoms with van der Waals surface area (Å²) in [6.07, 6.45) is 8.40. The van der Waals surface area contributed by atoms with Crippen LogP contribution in [-0.2, 0) is 6.54 Å². The zero-order chi connectivity index (χ0) is 11.8. The fraction of sp³-hybridized carbons (Fsp3) is 0.750. The van der Waals surface area contributed by atoms with Gasteiger partial charge in [-0.2, -0.15) is 16.9 Å². The molecule has 2 atom stereocenters. The molecule has 1 aromatic rings. The van der Waals surface area contributed by atoms with Crippen LogP contribution in [-0.4, -0.2) is 33.9 Å². The molecule has 0 aromatic carbocycles. The first-order chi connectivity index (χ1) is 7.72. The number of hydrogen-bond acceptors (Lipinski definition) is 3. The number of aromatic nitrogens is 2. The fourth-order valence-corrected chi connectivity index (χ4v) is 1.87. The molecule has 2 unspecified atom stereocenters. The van der Waals surface area contributed by atoms with Crippen molar-refractivity contribution in [1.29, 1.82) is 0 Å². The van der Waals surface area contributed by atoms with Crippen LogP contribution in [0.5, 0.6) is 0 Å². The molecule has 0 spiro atoms. The Balaban J connectivity index is 2.05. The minimum absolute atomic E-state index is 0.568. The summed E-state index contributed by atoms with van der Waals surface area (Å²) in [6, 6.07) is 2.54. The van der Waals surface area contributed by atoms with Gasteiger partial charge in [0.25, 0.3) is 0 Å². The van der Waals surface area contributed by atoms with Gasteiger partial charge < -0.3 is 5.32 Å². The van der Waals surface area contributed by atoms with E-state index >= 15 is 0 Å². The first kappa shape index (κ1) is 13.6. The van der Waals surface area contributed by atoms with Crippen LogP contribution in [0.4, 0.5) is 0 Å². The van der Waals surface area contributed by atoms with Crippen molar-refractivity contribution in [2.24, 2.45) is 0 Å². The van der Waals surface area contributed by atoms with Gasteiger partial charge >= 0.3 is 0 Å². The third kappa shape index (κ3) is 5.56. The zero-order valence-corrected chi connectivity index (χ0v) is 11.3. The predicted octanol–water partition coefficient (Wildman–Crippen LogP) is 2.39. The SMILES string of the molecule is CSC(C)CCNC(C)CCn1cccn1. The van der Waals surface area contributed by atoms with Crippen LogP contribution in [0, 0.1) is 0 Å². The van der Waals surface area contributed by atoms with E-state index in [0.717, 1.165) is 24.8 Å². The molecule has 0 radical (unpaired) electrons. The largest absolute Gasteiger partial charge is 0.314 e. The molecule has 16 heavy (non-hydrogen) atoms. The third-order valence-electron chi connectivity index (χ3n) is 2.80. The molecule has 1 rings (SSSR count). The topological polar surface area (TPSA) is 29.9 Å². The highest BCUT2D eigenvalue weighted by molar-refractivity contribution is 7.99. The molecule has 0 amide bonds. The summed E-state index contributed by atoms with van der Waals surface area (Å²) in [5.41, 5.74) is 0. The van der Waals surface area contributed by atoms with Crippen molar-refractivity contribution in [2.75, 3.05) is 12.8 Å². The van der Waals surface area contributed by atoms with Crippen molar-refractivity contribution >= 4 is 11.8 Å². The summed E-state index contributed by atoms with van der Waals surface area (Å²) in [5.74, 6) is 0. The van der Waals surface area contributed by atoms with E-state index in [-0.39, 0.29) is 0 Å². The van der Waals surface area contributed by atoms with Crippen LogP contribution in [0.25, 0.3) is 0 Å². The maximum absolute atomic E-state index is 4.20. The molecule has 3 nitrogen and oxygen atoms in total. The van der Waals surface area contributed by atoms with Crippen molar-refractivity contribution in [3.8, 4) is 0 Å². The third-order valence-corrected chi connectivity index (χ3v) is 3.84. The molecular weight excluding hydrogens is 218 g/mol. The Bertz CT molecular complexity index is 261. The van der Waals surface area contributed by atoms with Crippen molar-refractivity contribution in [3.05, 3.63) is 18.5 Å². The van der Waals surface area contributed by atoms with Gasteiger partial charge in [-0.3, -0.25) is 4.68 Å². The van der Waals surface area contributed by atoms with E-state index in [1.807, 2.05) is 34.9 Å². The van der Waals surface area contributed by atoms with Crippen LogP contribution in [0.1, 0.15) is 26.7 Å². The molecule has 1 N–H and O–H groups in total. The highest BCUT2D eigenvalue weighted by atomic mass is 32.2. The lowest BCUT2D eigenvalue weighted by Gasteiger charge is -2.15. The Labute approximate surface area is 103 Å². The molecule has 0 saturated heterocycles. The van der Waals surface area contributed by atoms with Gasteiger partial charge in [-0.15, -0.1) is 0 Å². The number of rotatable bonds is 8. The number of nitrogens with one attached hydrogen (secondary N) is 1. The molecule has 0 fully saturated rings. The van der Waals surface area contributed by atoms with Crippen LogP contribution < -0.4 is 5.32 Å². The van der Waals surface area contributed by atoms with Gasteiger partial charge in [0.15, 0.2) is 0 Å². The molecule has 0 aliphatic carbocycles. The molecule has 0 bridgehead atoms. The number of nitrogens with zero attached hydrogens (tertiary/aromatic N) is 2. The van der Waals surface area contributed by atoms with E-state index in [9.17, 15) is 0 Å². The lowest BCUT2D eigenvalue weighted by Crippen LogP contribution is -2.29. The number of aryl methyl sites for hydroxylation is 1. The van der Waals surface area contributed by atoms with E-state index < -0.39 is 0 Å². The monoisotopic (exact) mass is 241 g/mol. The summed E-state index contributed by atoms with van der Waals surface area (Å²) in [6.45, 7) is 6.63. The second-order valence-corrected chi connectivity index (χ2v) is 5.52. The number of hydrogen-bond donors (Lipinski definition) is 1. The summed E-state index contributed by atoms with van der Waals surface area (Å²) in [7, 11) is 0. The summed E-state index contributed by atoms with van der Waals surface area (Å²) < 4.78 is 1.99. The fourth-order valence-electron chi connectivity index (χ4n) is 1.51. The van der Waals surface area contributed by atoms with E-state index in [4.69, 9.17) is 0 Å². The van der Waals surface area contributed by atoms with Gasteiger partial charge in [-0.05, 0) is 38.6 Å². The Morgan fingerprint density at radius 1 is 1.38 bits per heavy atom. The molecule has 1 aromatic heterocycles. The summed E-state index contributed by atoms with van der Waals surface area (Å²) in [4.78, 5) is 0. The minimum Gasteiger partial charge on any atom is -0.314 e. The molecule has 4 heteroatoms. The Hall–Kier alpha value is -0.480. The Morgan fingerprint density at radius 2 is 2.19 bits per heavy atom.